The average Bonchev–Trinajstić information content (AvgIpc) is 2.93. The average molecular weight is 640 g/mol. The van der Waals surface area contributed by atoms with Crippen LogP contribution in [0.15, 0.2) is 60.8 Å². The van der Waals surface area contributed by atoms with E-state index in [4.69, 9.17) is 9.97 Å². The molecule has 5 heteroatoms. The second-order valence-electron chi connectivity index (χ2n) is 10.9. The molecule has 0 unspecified atom stereocenters. The van der Waals surface area contributed by atoms with Crippen molar-refractivity contribution in [2.45, 2.75) is 59.3 Å². The first-order valence-corrected chi connectivity index (χ1v) is 11.8. The van der Waals surface area contributed by atoms with Crippen LogP contribution in [0.2, 0.25) is 0 Å². The molecule has 4 nitrogen and oxygen atoms in total. The summed E-state index contributed by atoms with van der Waals surface area (Å²) in [4.78, 5) is 18.6. The van der Waals surface area contributed by atoms with Crippen molar-refractivity contribution in [1.29, 1.82) is 0 Å². The first kappa shape index (κ1) is 25.3. The molecule has 2 aromatic carbocycles. The van der Waals surface area contributed by atoms with Crippen LogP contribution in [0.5, 0.6) is 0 Å². The normalized spacial score (nSPS) is 16.9. The van der Waals surface area contributed by atoms with Gasteiger partial charge in [-0.3, -0.25) is 0 Å². The Hall–Kier alpha value is -2.75. The Labute approximate surface area is 222 Å². The maximum Gasteiger partial charge on any atom is 0.165 e. The molecule has 181 valence electrons. The molecule has 0 aliphatic heterocycles. The van der Waals surface area contributed by atoms with Crippen molar-refractivity contribution < 1.29 is 20.1 Å². The molecular weight excluding hydrogens is 609 g/mol. The van der Waals surface area contributed by atoms with Crippen LogP contribution in [-0.4, -0.2) is 19.9 Å². The van der Waals surface area contributed by atoms with Gasteiger partial charge in [0.1, 0.15) is 5.82 Å². The minimum atomic E-state index is 0. The zero-order valence-corrected chi connectivity index (χ0v) is 23.8. The van der Waals surface area contributed by atoms with Crippen molar-refractivity contribution >= 4 is 0 Å². The Morgan fingerprint density at radius 3 is 1.97 bits per heavy atom. The second-order valence-corrected chi connectivity index (χ2v) is 10.9. The molecule has 2 aromatic heterocycles. The van der Waals surface area contributed by atoms with Crippen molar-refractivity contribution in [3.8, 4) is 34.0 Å². The van der Waals surface area contributed by atoms with Crippen LogP contribution in [0.3, 0.4) is 0 Å². The quantitative estimate of drug-likeness (QED) is 0.227. The van der Waals surface area contributed by atoms with E-state index in [-0.39, 0.29) is 36.4 Å². The van der Waals surface area contributed by atoms with Crippen LogP contribution in [0, 0.1) is 18.4 Å². The van der Waals surface area contributed by atoms with E-state index in [1.165, 1.54) is 11.1 Å². The summed E-state index contributed by atoms with van der Waals surface area (Å²) >= 11 is 0. The van der Waals surface area contributed by atoms with E-state index >= 15 is 0 Å². The maximum atomic E-state index is 4.77. The molecule has 1 aliphatic carbocycles. The SMILES string of the molecule is Cc1nc(-c2ccccc2)nc(-c2ccc(-c3[c-]cc4c(c3)C(C)(C)C(C)(C)C4(C)C)nc2)n1.[Ir]. The first-order valence-electron chi connectivity index (χ1n) is 11.8. The standard InChI is InChI=1S/C30H31N4.Ir/c1-19-32-26(20-11-9-8-10-12-20)34-27(33-19)22-14-16-25(31-18-22)21-13-15-23-24(17-21)29(4,5)30(6,7)28(23,2)3;/h8-12,14-18H,1-7H3;/q-1;. The third-order valence-electron chi connectivity index (χ3n) is 8.50. The van der Waals surface area contributed by atoms with Crippen molar-refractivity contribution in [3.63, 3.8) is 0 Å². The van der Waals surface area contributed by atoms with Gasteiger partial charge in [-0.25, -0.2) is 15.0 Å². The molecule has 0 bridgehead atoms. The maximum absolute atomic E-state index is 4.77. The van der Waals surface area contributed by atoms with Crippen LogP contribution in [0.1, 0.15) is 58.5 Å². The largest absolute Gasteiger partial charge is 0.304 e. The number of nitrogens with zero attached hydrogens (tertiary/aromatic N) is 4. The molecule has 35 heavy (non-hydrogen) atoms. The summed E-state index contributed by atoms with van der Waals surface area (Å²) in [6, 6.07) is 22.0. The molecular formula is C30H31IrN4-. The Kier molecular flexibility index (Phi) is 6.32. The van der Waals surface area contributed by atoms with Crippen molar-refractivity contribution in [3.05, 3.63) is 83.8 Å². The van der Waals surface area contributed by atoms with Gasteiger partial charge < -0.3 is 4.98 Å². The van der Waals surface area contributed by atoms with E-state index in [1.807, 2.05) is 55.6 Å². The van der Waals surface area contributed by atoms with Gasteiger partial charge >= 0.3 is 0 Å². The molecule has 0 N–H and O–H groups in total. The topological polar surface area (TPSA) is 51.6 Å². The van der Waals surface area contributed by atoms with Crippen LogP contribution in [0.4, 0.5) is 0 Å². The second kappa shape index (κ2) is 8.72. The van der Waals surface area contributed by atoms with Crippen LogP contribution in [-0.2, 0) is 30.9 Å². The number of rotatable bonds is 3. The van der Waals surface area contributed by atoms with Crippen molar-refractivity contribution in [2.24, 2.45) is 5.41 Å². The minimum absolute atomic E-state index is 0. The van der Waals surface area contributed by atoms with Gasteiger partial charge in [-0.1, -0.05) is 84.0 Å². The predicted molar refractivity (Wildman–Crippen MR) is 137 cm³/mol. The molecule has 0 saturated carbocycles. The number of benzene rings is 2. The summed E-state index contributed by atoms with van der Waals surface area (Å²) < 4.78 is 0. The predicted octanol–water partition coefficient (Wildman–Crippen LogP) is 6.97. The fraction of sp³-hybridized carbons (Fsp3) is 0.333. The molecule has 0 spiro atoms. The summed E-state index contributed by atoms with van der Waals surface area (Å²) in [6.45, 7) is 16.1. The van der Waals surface area contributed by atoms with Crippen LogP contribution < -0.4 is 0 Å². The number of aryl methyl sites for hydroxylation is 1. The number of pyridine rings is 1. The molecule has 2 heterocycles. The molecule has 4 aromatic rings. The number of hydrogen-bond donors (Lipinski definition) is 0. The Morgan fingerprint density at radius 2 is 1.34 bits per heavy atom. The summed E-state index contributed by atoms with van der Waals surface area (Å²) in [7, 11) is 0. The van der Waals surface area contributed by atoms with E-state index < -0.39 is 0 Å². The van der Waals surface area contributed by atoms with Gasteiger partial charge in [0.15, 0.2) is 11.6 Å². The van der Waals surface area contributed by atoms with Gasteiger partial charge in [0.25, 0.3) is 0 Å². The van der Waals surface area contributed by atoms with Crippen LogP contribution >= 0.6 is 0 Å². The Bertz CT molecular complexity index is 1370. The molecule has 0 amide bonds. The molecule has 1 aliphatic rings. The minimum Gasteiger partial charge on any atom is -0.304 e. The zero-order valence-electron chi connectivity index (χ0n) is 21.4. The van der Waals surface area contributed by atoms with Gasteiger partial charge in [0, 0.05) is 37.4 Å². The summed E-state index contributed by atoms with van der Waals surface area (Å²) in [5.74, 6) is 1.99. The van der Waals surface area contributed by atoms with Crippen molar-refractivity contribution in [2.75, 3.05) is 0 Å². The smallest absolute Gasteiger partial charge is 0.165 e. The van der Waals surface area contributed by atoms with Gasteiger partial charge in [-0.15, -0.1) is 34.9 Å². The Morgan fingerprint density at radius 1 is 0.714 bits per heavy atom. The zero-order chi connectivity index (χ0) is 24.3. The summed E-state index contributed by atoms with van der Waals surface area (Å²) in [6.07, 6.45) is 1.85. The van der Waals surface area contributed by atoms with Gasteiger partial charge in [0.05, 0.1) is 0 Å². The molecule has 0 atom stereocenters. The molecule has 5 rings (SSSR count). The Balaban J connectivity index is 0.00000289. The fourth-order valence-electron chi connectivity index (χ4n) is 5.14. The van der Waals surface area contributed by atoms with Gasteiger partial charge in [-0.2, -0.15) is 0 Å². The van der Waals surface area contributed by atoms with E-state index in [9.17, 15) is 0 Å². The number of fused-ring (bicyclic) bond motifs is 1. The molecule has 0 fully saturated rings. The summed E-state index contributed by atoms with van der Waals surface area (Å²) in [5.41, 5.74) is 6.79. The third kappa shape index (κ3) is 3.95. The summed E-state index contributed by atoms with van der Waals surface area (Å²) in [5, 5.41) is 0. The molecule has 1 radical (unpaired) electrons. The van der Waals surface area contributed by atoms with Crippen LogP contribution in [0.25, 0.3) is 34.0 Å². The molecule has 0 saturated heterocycles. The number of hydrogen-bond acceptors (Lipinski definition) is 4. The first-order chi connectivity index (χ1) is 16.0. The van der Waals surface area contributed by atoms with E-state index in [0.717, 1.165) is 22.4 Å². The third-order valence-corrected chi connectivity index (χ3v) is 8.50. The van der Waals surface area contributed by atoms with E-state index in [0.29, 0.717) is 17.5 Å². The van der Waals surface area contributed by atoms with Gasteiger partial charge in [0.2, 0.25) is 0 Å². The van der Waals surface area contributed by atoms with Crippen molar-refractivity contribution in [1.82, 2.24) is 19.9 Å². The fourth-order valence-corrected chi connectivity index (χ4v) is 5.14. The van der Waals surface area contributed by atoms with E-state index in [2.05, 4.69) is 69.7 Å². The van der Waals surface area contributed by atoms with E-state index in [1.54, 1.807) is 0 Å². The number of aromatic nitrogens is 4. The van der Waals surface area contributed by atoms with Gasteiger partial charge in [-0.05, 0) is 28.9 Å². The monoisotopic (exact) mass is 640 g/mol.